The molecule has 0 radical (unpaired) electrons. The topological polar surface area (TPSA) is 49.6 Å². The fourth-order valence-electron chi connectivity index (χ4n) is 2.38. The van der Waals surface area contributed by atoms with Crippen molar-refractivity contribution in [2.45, 2.75) is 32.2 Å². The zero-order chi connectivity index (χ0) is 13.0. The van der Waals surface area contributed by atoms with Gasteiger partial charge in [-0.3, -0.25) is 4.79 Å². The molecule has 0 aromatic rings. The highest BCUT2D eigenvalue weighted by Gasteiger charge is 2.29. The number of thiocarbonyl (C=S) groups is 1. The molecule has 17 heavy (non-hydrogen) atoms. The largest absolute Gasteiger partial charge is 0.393 e. The molecule has 1 rings (SSSR count). The van der Waals surface area contributed by atoms with E-state index in [0.717, 1.165) is 25.9 Å². The van der Waals surface area contributed by atoms with Crippen molar-refractivity contribution < 1.29 is 4.79 Å². The second kappa shape index (κ2) is 6.31. The fourth-order valence-corrected chi connectivity index (χ4v) is 2.65. The Morgan fingerprint density at radius 1 is 1.65 bits per heavy atom. The van der Waals surface area contributed by atoms with Gasteiger partial charge in [0.05, 0.1) is 10.9 Å². The van der Waals surface area contributed by atoms with Crippen LogP contribution < -0.4 is 5.73 Å². The molecule has 1 aliphatic rings. The Labute approximate surface area is 109 Å². The number of amides is 1. The van der Waals surface area contributed by atoms with E-state index in [9.17, 15) is 4.79 Å². The second-order valence-corrected chi connectivity index (χ2v) is 5.34. The lowest BCUT2D eigenvalue weighted by Gasteiger charge is -2.37. The van der Waals surface area contributed by atoms with E-state index in [-0.39, 0.29) is 11.8 Å². The van der Waals surface area contributed by atoms with E-state index < -0.39 is 0 Å². The lowest BCUT2D eigenvalue weighted by atomic mass is 10.0. The van der Waals surface area contributed by atoms with E-state index in [0.29, 0.717) is 17.5 Å². The van der Waals surface area contributed by atoms with E-state index >= 15 is 0 Å². The minimum Gasteiger partial charge on any atom is -0.393 e. The number of carbonyl (C=O) groups excluding carboxylic acids is 1. The van der Waals surface area contributed by atoms with Gasteiger partial charge < -0.3 is 15.5 Å². The summed E-state index contributed by atoms with van der Waals surface area (Å²) in [5, 5.41) is 0. The highest BCUT2D eigenvalue weighted by molar-refractivity contribution is 7.80. The number of likely N-dealkylation sites (N-methyl/N-ethyl adjacent to an activating group) is 2. The molecule has 0 saturated carbocycles. The van der Waals surface area contributed by atoms with Crippen LogP contribution >= 0.6 is 12.2 Å². The standard InChI is InChI=1S/C12H23N3OS/c1-4-10(11(13)17)12(16)15(3)9-6-5-7-14(2)8-9/h9-10H,4-8H2,1-3H3,(H2,13,17). The average molecular weight is 257 g/mol. The number of hydrogen-bond donors (Lipinski definition) is 1. The first-order valence-corrected chi connectivity index (χ1v) is 6.62. The Balaban J connectivity index is 2.64. The molecule has 1 amide bonds. The highest BCUT2D eigenvalue weighted by Crippen LogP contribution is 2.17. The van der Waals surface area contributed by atoms with Gasteiger partial charge in [0, 0.05) is 19.6 Å². The molecule has 1 heterocycles. The third-order valence-electron chi connectivity index (χ3n) is 3.54. The third-order valence-corrected chi connectivity index (χ3v) is 3.83. The molecule has 1 saturated heterocycles. The van der Waals surface area contributed by atoms with Gasteiger partial charge in [-0.05, 0) is 32.9 Å². The number of nitrogens with zero attached hydrogens (tertiary/aromatic N) is 2. The maximum atomic E-state index is 12.3. The van der Waals surface area contributed by atoms with Crippen LogP contribution in [0.4, 0.5) is 0 Å². The van der Waals surface area contributed by atoms with Gasteiger partial charge in [0.15, 0.2) is 0 Å². The van der Waals surface area contributed by atoms with Crippen LogP contribution in [0, 0.1) is 5.92 Å². The van der Waals surface area contributed by atoms with E-state index in [1.165, 1.54) is 0 Å². The van der Waals surface area contributed by atoms with Crippen molar-refractivity contribution in [1.29, 1.82) is 0 Å². The summed E-state index contributed by atoms with van der Waals surface area (Å²) in [6.45, 7) is 4.00. The summed E-state index contributed by atoms with van der Waals surface area (Å²) in [4.78, 5) is 16.7. The van der Waals surface area contributed by atoms with Crippen LogP contribution in [-0.4, -0.2) is 53.9 Å². The summed E-state index contributed by atoms with van der Waals surface area (Å²) in [6, 6.07) is 0.296. The van der Waals surface area contributed by atoms with Gasteiger partial charge in [-0.1, -0.05) is 19.1 Å². The van der Waals surface area contributed by atoms with Gasteiger partial charge in [0.2, 0.25) is 5.91 Å². The van der Waals surface area contributed by atoms with Crippen LogP contribution in [0.25, 0.3) is 0 Å². The summed E-state index contributed by atoms with van der Waals surface area (Å²) in [6.07, 6.45) is 2.89. The average Bonchev–Trinajstić information content (AvgIpc) is 2.28. The van der Waals surface area contributed by atoms with Crippen LogP contribution in [0.5, 0.6) is 0 Å². The first-order chi connectivity index (χ1) is 7.97. The third kappa shape index (κ3) is 3.64. The molecule has 5 heteroatoms. The predicted molar refractivity (Wildman–Crippen MR) is 73.9 cm³/mol. The maximum Gasteiger partial charge on any atom is 0.232 e. The van der Waals surface area contributed by atoms with Crippen molar-refractivity contribution in [2.75, 3.05) is 27.2 Å². The Kier molecular flexibility index (Phi) is 5.33. The molecule has 0 aliphatic carbocycles. The monoisotopic (exact) mass is 257 g/mol. The number of hydrogen-bond acceptors (Lipinski definition) is 3. The molecule has 0 bridgehead atoms. The number of piperidine rings is 1. The van der Waals surface area contributed by atoms with Crippen molar-refractivity contribution >= 4 is 23.1 Å². The van der Waals surface area contributed by atoms with Crippen LogP contribution in [0.15, 0.2) is 0 Å². The van der Waals surface area contributed by atoms with E-state index in [4.69, 9.17) is 18.0 Å². The van der Waals surface area contributed by atoms with Gasteiger partial charge >= 0.3 is 0 Å². The second-order valence-electron chi connectivity index (χ2n) is 4.87. The number of rotatable bonds is 4. The van der Waals surface area contributed by atoms with Crippen molar-refractivity contribution in [3.63, 3.8) is 0 Å². The predicted octanol–water partition coefficient (Wildman–Crippen LogP) is 0.851. The lowest BCUT2D eigenvalue weighted by Crippen LogP contribution is -2.50. The summed E-state index contributed by atoms with van der Waals surface area (Å²) >= 11 is 4.96. The number of carbonyl (C=O) groups is 1. The molecule has 2 atom stereocenters. The normalized spacial score (nSPS) is 23.1. The van der Waals surface area contributed by atoms with Crippen molar-refractivity contribution in [1.82, 2.24) is 9.80 Å². The van der Waals surface area contributed by atoms with Crippen molar-refractivity contribution in [3.05, 3.63) is 0 Å². The Hall–Kier alpha value is -0.680. The van der Waals surface area contributed by atoms with Crippen molar-refractivity contribution in [3.8, 4) is 0 Å². The van der Waals surface area contributed by atoms with E-state index in [1.54, 1.807) is 0 Å². The Morgan fingerprint density at radius 3 is 2.76 bits per heavy atom. The van der Waals surface area contributed by atoms with Crippen molar-refractivity contribution in [2.24, 2.45) is 11.7 Å². The van der Waals surface area contributed by atoms with Gasteiger partial charge in [-0.2, -0.15) is 0 Å². The van der Waals surface area contributed by atoms with Crippen LogP contribution in [-0.2, 0) is 4.79 Å². The molecular weight excluding hydrogens is 234 g/mol. The van der Waals surface area contributed by atoms with Gasteiger partial charge in [-0.15, -0.1) is 0 Å². The summed E-state index contributed by atoms with van der Waals surface area (Å²) < 4.78 is 0. The first-order valence-electron chi connectivity index (χ1n) is 6.21. The van der Waals surface area contributed by atoms with Crippen LogP contribution in [0.1, 0.15) is 26.2 Å². The van der Waals surface area contributed by atoms with Gasteiger partial charge in [-0.25, -0.2) is 0 Å². The van der Waals surface area contributed by atoms with E-state index in [1.807, 2.05) is 18.9 Å². The van der Waals surface area contributed by atoms with Crippen LogP contribution in [0.3, 0.4) is 0 Å². The fraction of sp³-hybridized carbons (Fsp3) is 0.833. The van der Waals surface area contributed by atoms with Crippen LogP contribution in [0.2, 0.25) is 0 Å². The maximum absolute atomic E-state index is 12.3. The molecular formula is C12H23N3OS. The Morgan fingerprint density at radius 2 is 2.29 bits per heavy atom. The molecule has 0 aromatic carbocycles. The zero-order valence-electron chi connectivity index (χ0n) is 11.0. The molecule has 4 nitrogen and oxygen atoms in total. The molecule has 98 valence electrons. The number of likely N-dealkylation sites (tertiary alicyclic amines) is 1. The molecule has 1 aliphatic heterocycles. The minimum absolute atomic E-state index is 0.0697. The van der Waals surface area contributed by atoms with E-state index in [2.05, 4.69) is 11.9 Å². The Bertz CT molecular complexity index is 295. The smallest absolute Gasteiger partial charge is 0.232 e. The lowest BCUT2D eigenvalue weighted by molar-refractivity contribution is -0.135. The SMILES string of the molecule is CCC(C(=O)N(C)C1CCCN(C)C1)C(N)=S. The highest BCUT2D eigenvalue weighted by atomic mass is 32.1. The molecule has 2 unspecified atom stereocenters. The van der Waals surface area contributed by atoms with Gasteiger partial charge in [0.1, 0.15) is 0 Å². The quantitative estimate of drug-likeness (QED) is 0.759. The van der Waals surface area contributed by atoms with Gasteiger partial charge in [0.25, 0.3) is 0 Å². The summed E-state index contributed by atoms with van der Waals surface area (Å²) in [5.41, 5.74) is 5.62. The first kappa shape index (κ1) is 14.4. The molecule has 0 aromatic heterocycles. The molecule has 2 N–H and O–H groups in total. The summed E-state index contributed by atoms with van der Waals surface area (Å²) in [7, 11) is 3.96. The number of nitrogens with two attached hydrogens (primary N) is 1. The minimum atomic E-state index is -0.303. The summed E-state index contributed by atoms with van der Waals surface area (Å²) in [5.74, 6) is -0.234. The molecule has 1 fully saturated rings. The molecule has 0 spiro atoms. The zero-order valence-corrected chi connectivity index (χ0v) is 11.8.